The number of aliphatic carboxylic acids is 1. The lowest BCUT2D eigenvalue weighted by atomic mass is 9.91. The van der Waals surface area contributed by atoms with Crippen molar-refractivity contribution in [2.45, 2.75) is 32.7 Å². The molecule has 30 heavy (non-hydrogen) atoms. The number of rotatable bonds is 6. The maximum atomic E-state index is 13.0. The van der Waals surface area contributed by atoms with Crippen LogP contribution in [0.5, 0.6) is 11.5 Å². The summed E-state index contributed by atoms with van der Waals surface area (Å²) in [5.41, 5.74) is 3.05. The van der Waals surface area contributed by atoms with Crippen LogP contribution in [-0.2, 0) is 16.0 Å². The van der Waals surface area contributed by atoms with Crippen molar-refractivity contribution in [2.24, 2.45) is 5.92 Å². The largest absolute Gasteiger partial charge is 0.493 e. The number of carbonyl (C=O) groups is 2. The number of carboxylic acids is 1. The van der Waals surface area contributed by atoms with Crippen LogP contribution in [0.25, 0.3) is 4.48 Å². The molecule has 1 aliphatic heterocycles. The summed E-state index contributed by atoms with van der Waals surface area (Å²) in [7, 11) is 3.19. The molecule has 0 spiro atoms. The van der Waals surface area contributed by atoms with E-state index in [-0.39, 0.29) is 16.1 Å². The lowest BCUT2D eigenvalue weighted by molar-refractivity contribution is -0.146. The molecule has 1 aromatic carbocycles. The first kappa shape index (κ1) is 22.8. The van der Waals surface area contributed by atoms with Crippen molar-refractivity contribution in [1.82, 2.24) is 4.90 Å². The van der Waals surface area contributed by atoms with Gasteiger partial charge in [0.2, 0.25) is 0 Å². The summed E-state index contributed by atoms with van der Waals surface area (Å²) in [6.07, 6.45) is 3.31. The third-order valence-electron chi connectivity index (χ3n) is 5.08. The summed E-state index contributed by atoms with van der Waals surface area (Å²) in [6, 6.07) is 2.89. The minimum atomic E-state index is -1.06. The van der Waals surface area contributed by atoms with Crippen LogP contribution in [0.4, 0.5) is 0 Å². The molecule has 1 amide bonds. The van der Waals surface area contributed by atoms with Gasteiger partial charge >= 0.3 is 5.97 Å². The van der Waals surface area contributed by atoms with Gasteiger partial charge in [0, 0.05) is 4.48 Å². The molecule has 1 atom stereocenters. The van der Waals surface area contributed by atoms with E-state index in [1.165, 1.54) is 4.90 Å². The van der Waals surface area contributed by atoms with Crippen LogP contribution in [0.3, 0.4) is 0 Å². The van der Waals surface area contributed by atoms with Crippen LogP contribution in [-0.4, -0.2) is 46.5 Å². The summed E-state index contributed by atoms with van der Waals surface area (Å²) in [6.45, 7) is 3.53. The van der Waals surface area contributed by atoms with Crippen molar-refractivity contribution in [3.05, 3.63) is 39.8 Å². The number of carbonyl (C=O) groups excluding carboxylic acids is 1. The molecule has 1 aromatic rings. The van der Waals surface area contributed by atoms with Gasteiger partial charge in [0.25, 0.3) is 5.91 Å². The van der Waals surface area contributed by atoms with E-state index >= 15 is 0 Å². The summed E-state index contributed by atoms with van der Waals surface area (Å²) in [5.74, 6) is -0.386. The van der Waals surface area contributed by atoms with Gasteiger partial charge in [-0.2, -0.15) is 0 Å². The molecule has 1 aliphatic carbocycles. The van der Waals surface area contributed by atoms with E-state index in [0.717, 1.165) is 45.8 Å². The fraction of sp³-hybridized carbons (Fsp3) is 0.381. The summed E-state index contributed by atoms with van der Waals surface area (Å²) < 4.78 is 11.9. The molecule has 0 aromatic heterocycles. The number of thiocarbonyl (C=S) groups is 1. The van der Waals surface area contributed by atoms with E-state index in [0.29, 0.717) is 16.4 Å². The highest BCUT2D eigenvalue weighted by molar-refractivity contribution is 9.15. The average molecular weight is 512 g/mol. The molecule has 0 radical (unpaired) electrons. The molecule has 0 saturated carbocycles. The molecule has 6 nitrogen and oxygen atoms in total. The van der Waals surface area contributed by atoms with E-state index in [1.54, 1.807) is 28.1 Å². The first-order chi connectivity index (χ1) is 14.2. The van der Waals surface area contributed by atoms with Gasteiger partial charge in [0.05, 0.1) is 19.1 Å². The number of ether oxygens (including phenoxy) is 2. The number of halogens is 1. The lowest BCUT2D eigenvalue weighted by Crippen LogP contribution is -2.47. The Bertz CT molecular complexity index is 986. The maximum absolute atomic E-state index is 13.0. The van der Waals surface area contributed by atoms with Gasteiger partial charge in [-0.3, -0.25) is 9.69 Å². The Morgan fingerprint density at radius 2 is 1.90 bits per heavy atom. The van der Waals surface area contributed by atoms with Crippen molar-refractivity contribution >= 4 is 60.6 Å². The molecule has 1 fully saturated rings. The van der Waals surface area contributed by atoms with Gasteiger partial charge in [-0.1, -0.05) is 37.8 Å². The second-order valence-corrected chi connectivity index (χ2v) is 9.75. The Kier molecular flexibility index (Phi) is 6.94. The number of benzene rings is 1. The van der Waals surface area contributed by atoms with Crippen LogP contribution >= 0.6 is 39.9 Å². The molecule has 1 N–H and O–H groups in total. The van der Waals surface area contributed by atoms with Crippen molar-refractivity contribution in [2.75, 3.05) is 14.2 Å². The SMILES string of the molecule is COc1cc2c(cc1OC)C(Br)=C(C=C1SC(=S)N(C(C(=O)O)C(C)C)C1=O)CC2. The highest BCUT2D eigenvalue weighted by Crippen LogP contribution is 2.43. The Morgan fingerprint density at radius 3 is 2.47 bits per heavy atom. The number of aryl methyl sites for hydroxylation is 1. The Balaban J connectivity index is 1.98. The third-order valence-corrected chi connectivity index (χ3v) is 7.35. The Morgan fingerprint density at radius 1 is 1.27 bits per heavy atom. The quantitative estimate of drug-likeness (QED) is 0.441. The topological polar surface area (TPSA) is 76.1 Å². The fourth-order valence-electron chi connectivity index (χ4n) is 3.59. The number of hydrogen-bond donors (Lipinski definition) is 1. The van der Waals surface area contributed by atoms with Gasteiger partial charge in [-0.15, -0.1) is 0 Å². The fourth-order valence-corrected chi connectivity index (χ4v) is 5.61. The lowest BCUT2D eigenvalue weighted by Gasteiger charge is -2.26. The number of carboxylic acid groups (broad SMARTS) is 1. The van der Waals surface area contributed by atoms with Crippen LogP contribution in [0, 0.1) is 5.92 Å². The van der Waals surface area contributed by atoms with E-state index in [9.17, 15) is 14.7 Å². The van der Waals surface area contributed by atoms with Crippen molar-refractivity contribution in [1.29, 1.82) is 0 Å². The first-order valence-electron chi connectivity index (χ1n) is 9.33. The molecule has 1 unspecified atom stereocenters. The van der Waals surface area contributed by atoms with Crippen LogP contribution < -0.4 is 9.47 Å². The molecule has 160 valence electrons. The van der Waals surface area contributed by atoms with Crippen molar-refractivity contribution in [3.63, 3.8) is 0 Å². The van der Waals surface area contributed by atoms with Crippen LogP contribution in [0.1, 0.15) is 31.4 Å². The molecular formula is C21H22BrNO5S2. The van der Waals surface area contributed by atoms with Gasteiger partial charge in [-0.25, -0.2) is 4.79 Å². The van der Waals surface area contributed by atoms with E-state index in [1.807, 2.05) is 18.2 Å². The monoisotopic (exact) mass is 511 g/mol. The molecule has 9 heteroatoms. The number of fused-ring (bicyclic) bond motifs is 1. The number of hydrogen-bond acceptors (Lipinski definition) is 6. The van der Waals surface area contributed by atoms with Gasteiger partial charge in [0.15, 0.2) is 11.5 Å². The van der Waals surface area contributed by atoms with Gasteiger partial charge in [0.1, 0.15) is 10.4 Å². The number of nitrogens with zero attached hydrogens (tertiary/aromatic N) is 1. The van der Waals surface area contributed by atoms with Crippen molar-refractivity contribution in [3.8, 4) is 11.5 Å². The highest BCUT2D eigenvalue weighted by atomic mass is 79.9. The van der Waals surface area contributed by atoms with Crippen molar-refractivity contribution < 1.29 is 24.2 Å². The Hall–Kier alpha value is -1.84. The highest BCUT2D eigenvalue weighted by Gasteiger charge is 2.42. The second-order valence-electron chi connectivity index (χ2n) is 7.28. The standard InChI is InChI=1S/C21H22BrNO5S2/c1-10(2)18(20(25)26)23-19(24)16(30-21(23)29)8-12-6-5-11-7-14(27-3)15(28-4)9-13(11)17(12)22/h7-10,18H,5-6H2,1-4H3,(H,25,26). The number of allylic oxidation sites excluding steroid dienone is 2. The Labute approximate surface area is 193 Å². The third kappa shape index (κ3) is 4.15. The zero-order chi connectivity index (χ0) is 22.2. The predicted molar refractivity (Wildman–Crippen MR) is 125 cm³/mol. The molecule has 3 rings (SSSR count). The zero-order valence-electron chi connectivity index (χ0n) is 17.0. The smallest absolute Gasteiger partial charge is 0.327 e. The zero-order valence-corrected chi connectivity index (χ0v) is 20.2. The van der Waals surface area contributed by atoms with E-state index < -0.39 is 12.0 Å². The predicted octanol–water partition coefficient (Wildman–Crippen LogP) is 4.61. The van der Waals surface area contributed by atoms with Crippen LogP contribution in [0.2, 0.25) is 0 Å². The first-order valence-corrected chi connectivity index (χ1v) is 11.3. The molecule has 1 saturated heterocycles. The van der Waals surface area contributed by atoms with Gasteiger partial charge in [-0.05, 0) is 69.6 Å². The number of amides is 1. The van der Waals surface area contributed by atoms with E-state index in [4.69, 9.17) is 21.7 Å². The van der Waals surface area contributed by atoms with Crippen LogP contribution in [0.15, 0.2) is 28.7 Å². The summed E-state index contributed by atoms with van der Waals surface area (Å²) in [4.78, 5) is 26.3. The summed E-state index contributed by atoms with van der Waals surface area (Å²) in [5, 5.41) is 9.57. The minimum Gasteiger partial charge on any atom is -0.493 e. The molecular weight excluding hydrogens is 490 g/mol. The number of thioether (sulfide) groups is 1. The molecule has 1 heterocycles. The minimum absolute atomic E-state index is 0.265. The normalized spacial score (nSPS) is 18.9. The second kappa shape index (κ2) is 9.11. The maximum Gasteiger partial charge on any atom is 0.327 e. The summed E-state index contributed by atoms with van der Waals surface area (Å²) >= 11 is 10.2. The molecule has 2 aliphatic rings. The van der Waals surface area contributed by atoms with Gasteiger partial charge < -0.3 is 14.6 Å². The number of methoxy groups -OCH3 is 2. The average Bonchev–Trinajstić information content (AvgIpc) is 2.96. The van der Waals surface area contributed by atoms with E-state index in [2.05, 4.69) is 15.9 Å². The molecule has 0 bridgehead atoms.